The molecule has 3 rings (SSSR count). The maximum atomic E-state index is 13.9. The zero-order valence-electron chi connectivity index (χ0n) is 18.5. The molecule has 0 fully saturated rings. The Morgan fingerprint density at radius 3 is 1.81 bits per heavy atom. The topological polar surface area (TPSA) is 35.5 Å². The average Bonchev–Trinajstić information content (AvgIpc) is 3.03. The molecule has 0 amide bonds. The van der Waals surface area contributed by atoms with Crippen LogP contribution in [0.2, 0.25) is 0 Å². The summed E-state index contributed by atoms with van der Waals surface area (Å²) in [5.74, 6) is -0.622. The number of hydrogen-bond donors (Lipinski definition) is 0. The number of halogens is 2. The van der Waals surface area contributed by atoms with Crippen molar-refractivity contribution < 1.29 is 22.4 Å². The number of fused-ring (bicyclic) bond motifs is 3. The third kappa shape index (κ3) is 6.25. The van der Waals surface area contributed by atoms with Gasteiger partial charge in [-0.1, -0.05) is 45.2 Å². The van der Waals surface area contributed by atoms with E-state index in [0.29, 0.717) is 25.8 Å². The van der Waals surface area contributed by atoms with Crippen molar-refractivity contribution in [2.45, 2.75) is 64.7 Å². The quantitative estimate of drug-likeness (QED) is 0.229. The fraction of sp³-hybridized carbons (Fsp3) is 0.520. The van der Waals surface area contributed by atoms with Crippen LogP contribution in [0, 0.1) is 11.6 Å². The van der Waals surface area contributed by atoms with Gasteiger partial charge in [-0.3, -0.25) is 4.57 Å². The summed E-state index contributed by atoms with van der Waals surface area (Å²) in [6, 6.07) is 9.57. The molecule has 0 aliphatic heterocycles. The first-order valence-electron chi connectivity index (χ1n) is 11.4. The van der Waals surface area contributed by atoms with Gasteiger partial charge in [0.2, 0.25) is 0 Å². The lowest BCUT2D eigenvalue weighted by molar-refractivity contribution is 0.199. The third-order valence-electron chi connectivity index (χ3n) is 5.81. The number of benzene rings is 2. The van der Waals surface area contributed by atoms with Crippen LogP contribution in [0.15, 0.2) is 36.4 Å². The monoisotopic (exact) mass is 450 g/mol. The van der Waals surface area contributed by atoms with Crippen LogP contribution in [0.4, 0.5) is 8.78 Å². The molecule has 0 bridgehead atoms. The number of hydrogen-bond acceptors (Lipinski definition) is 3. The largest absolute Gasteiger partial charge is 0.330 e. The standard InChI is InChI=1S/C25H33F2O3P/c1-3-5-14-29-31(28,30-15-6-4-2)16-8-7-9-21-24-17-19(26)10-12-22(24)23-13-11-20(27)18-25(21)23/h10-13,17-18,21H,3-9,14-16H2,1-2H3. The Hall–Kier alpha value is -1.55. The highest BCUT2D eigenvalue weighted by molar-refractivity contribution is 7.53. The molecule has 0 N–H and O–H groups in total. The minimum Gasteiger partial charge on any atom is -0.309 e. The molecule has 31 heavy (non-hydrogen) atoms. The van der Waals surface area contributed by atoms with E-state index >= 15 is 0 Å². The Labute approximate surface area is 184 Å². The van der Waals surface area contributed by atoms with Gasteiger partial charge in [0.25, 0.3) is 0 Å². The predicted octanol–water partition coefficient (Wildman–Crippen LogP) is 8.07. The Bertz CT molecular complexity index is 850. The molecule has 1 aliphatic carbocycles. The van der Waals surface area contributed by atoms with Gasteiger partial charge < -0.3 is 9.05 Å². The van der Waals surface area contributed by atoms with Crippen LogP contribution in [-0.2, 0) is 13.6 Å². The van der Waals surface area contributed by atoms with Crippen molar-refractivity contribution in [2.24, 2.45) is 0 Å². The molecule has 6 heteroatoms. The fourth-order valence-electron chi connectivity index (χ4n) is 4.13. The van der Waals surface area contributed by atoms with E-state index in [2.05, 4.69) is 13.8 Å². The van der Waals surface area contributed by atoms with Crippen LogP contribution in [-0.4, -0.2) is 19.4 Å². The molecule has 2 aromatic rings. The van der Waals surface area contributed by atoms with Gasteiger partial charge in [0.15, 0.2) is 0 Å². The Balaban J connectivity index is 1.64. The van der Waals surface area contributed by atoms with Crippen molar-refractivity contribution in [3.8, 4) is 11.1 Å². The van der Waals surface area contributed by atoms with Crippen LogP contribution < -0.4 is 0 Å². The number of rotatable bonds is 13. The molecular weight excluding hydrogens is 417 g/mol. The Kier molecular flexibility index (Phi) is 8.83. The van der Waals surface area contributed by atoms with E-state index in [1.165, 1.54) is 12.1 Å². The molecule has 0 atom stereocenters. The van der Waals surface area contributed by atoms with Crippen LogP contribution in [0.25, 0.3) is 11.1 Å². The normalized spacial score (nSPS) is 13.4. The summed E-state index contributed by atoms with van der Waals surface area (Å²) in [5, 5.41) is 0. The summed E-state index contributed by atoms with van der Waals surface area (Å²) in [6.07, 6.45) is 6.22. The van der Waals surface area contributed by atoms with Crippen molar-refractivity contribution in [3.05, 3.63) is 59.2 Å². The highest BCUT2D eigenvalue weighted by Gasteiger charge is 2.30. The summed E-state index contributed by atoms with van der Waals surface area (Å²) in [5.41, 5.74) is 3.75. The molecule has 3 nitrogen and oxygen atoms in total. The minimum atomic E-state index is -3.11. The molecule has 170 valence electrons. The van der Waals surface area contributed by atoms with Crippen LogP contribution in [0.1, 0.15) is 75.8 Å². The van der Waals surface area contributed by atoms with Crippen LogP contribution >= 0.6 is 7.60 Å². The lowest BCUT2D eigenvalue weighted by atomic mass is 9.91. The third-order valence-corrected chi connectivity index (χ3v) is 7.83. The molecule has 0 saturated carbocycles. The maximum absolute atomic E-state index is 13.9. The molecule has 0 radical (unpaired) electrons. The van der Waals surface area contributed by atoms with Gasteiger partial charge in [-0.2, -0.15) is 0 Å². The molecule has 0 spiro atoms. The van der Waals surface area contributed by atoms with Gasteiger partial charge >= 0.3 is 7.60 Å². The van der Waals surface area contributed by atoms with Crippen LogP contribution in [0.5, 0.6) is 0 Å². The molecular formula is C25H33F2O3P. The van der Waals surface area contributed by atoms with Crippen molar-refractivity contribution in [1.29, 1.82) is 0 Å². The first-order chi connectivity index (χ1) is 15.0. The summed E-state index contributed by atoms with van der Waals surface area (Å²) in [4.78, 5) is 0. The van der Waals surface area contributed by atoms with Gasteiger partial charge in [0, 0.05) is 5.92 Å². The first kappa shape index (κ1) is 24.1. The van der Waals surface area contributed by atoms with Gasteiger partial charge in [0.1, 0.15) is 11.6 Å². The van der Waals surface area contributed by atoms with E-state index < -0.39 is 7.60 Å². The van der Waals surface area contributed by atoms with Crippen molar-refractivity contribution in [3.63, 3.8) is 0 Å². The van der Waals surface area contributed by atoms with E-state index in [0.717, 1.165) is 60.8 Å². The molecule has 0 saturated heterocycles. The molecule has 0 heterocycles. The van der Waals surface area contributed by atoms with Gasteiger partial charge in [0.05, 0.1) is 19.4 Å². The maximum Gasteiger partial charge on any atom is 0.330 e. The van der Waals surface area contributed by atoms with Gasteiger partial charge in [-0.15, -0.1) is 0 Å². The highest BCUT2D eigenvalue weighted by Crippen LogP contribution is 2.51. The second kappa shape index (κ2) is 11.4. The van der Waals surface area contributed by atoms with Crippen LogP contribution in [0.3, 0.4) is 0 Å². The highest BCUT2D eigenvalue weighted by atomic mass is 31.2. The van der Waals surface area contributed by atoms with E-state index in [1.54, 1.807) is 24.3 Å². The summed E-state index contributed by atoms with van der Waals surface area (Å²) in [7, 11) is -3.11. The zero-order chi connectivity index (χ0) is 22.3. The second-order valence-corrected chi connectivity index (χ2v) is 10.4. The summed E-state index contributed by atoms with van der Waals surface area (Å²) in [6.45, 7) is 5.02. The number of unbranched alkanes of at least 4 members (excludes halogenated alkanes) is 3. The van der Waals surface area contributed by atoms with E-state index in [4.69, 9.17) is 9.05 Å². The molecule has 2 aromatic carbocycles. The SMILES string of the molecule is CCCCOP(=O)(CCCCC1c2cc(F)ccc2-c2ccc(F)cc21)OCCCC. The first-order valence-corrected chi connectivity index (χ1v) is 13.2. The Morgan fingerprint density at radius 2 is 1.32 bits per heavy atom. The van der Waals surface area contributed by atoms with Crippen molar-refractivity contribution in [2.75, 3.05) is 19.4 Å². The smallest absolute Gasteiger partial charge is 0.309 e. The fourth-order valence-corrected chi connectivity index (χ4v) is 5.89. The summed E-state index contributed by atoms with van der Waals surface area (Å²) < 4.78 is 52.3. The molecule has 1 aliphatic rings. The van der Waals surface area contributed by atoms with Gasteiger partial charge in [-0.25, -0.2) is 8.78 Å². The van der Waals surface area contributed by atoms with E-state index in [9.17, 15) is 13.3 Å². The molecule has 0 aromatic heterocycles. The summed E-state index contributed by atoms with van der Waals surface area (Å²) >= 11 is 0. The van der Waals surface area contributed by atoms with Crippen molar-refractivity contribution in [1.82, 2.24) is 0 Å². The lowest BCUT2D eigenvalue weighted by Gasteiger charge is -2.19. The van der Waals surface area contributed by atoms with Crippen molar-refractivity contribution >= 4 is 7.60 Å². The Morgan fingerprint density at radius 1 is 0.806 bits per heavy atom. The van der Waals surface area contributed by atoms with E-state index in [1.807, 2.05) is 0 Å². The minimum absolute atomic E-state index is 0.0576. The molecule has 0 unspecified atom stereocenters. The van der Waals surface area contributed by atoms with E-state index in [-0.39, 0.29) is 17.6 Å². The average molecular weight is 451 g/mol. The lowest BCUT2D eigenvalue weighted by Crippen LogP contribution is -2.04. The van der Waals surface area contributed by atoms with Gasteiger partial charge in [-0.05, 0) is 72.2 Å². The second-order valence-electron chi connectivity index (χ2n) is 8.22. The zero-order valence-corrected chi connectivity index (χ0v) is 19.4. The predicted molar refractivity (Wildman–Crippen MR) is 122 cm³/mol.